The summed E-state index contributed by atoms with van der Waals surface area (Å²) < 4.78 is 63.9. The first-order valence-electron chi connectivity index (χ1n) is 15.5. The minimum atomic E-state index is -3.07. The minimum Gasteiger partial charge on any atom is -0.485 e. The minimum absolute atomic E-state index is 0.0398. The van der Waals surface area contributed by atoms with E-state index in [1.807, 2.05) is 30.3 Å². The highest BCUT2D eigenvalue weighted by Crippen LogP contribution is 2.36. The van der Waals surface area contributed by atoms with Gasteiger partial charge in [0, 0.05) is 39.4 Å². The molecule has 3 aromatic rings. The summed E-state index contributed by atoms with van der Waals surface area (Å²) in [5, 5.41) is 2.77. The smallest absolute Gasteiger partial charge is 0.387 e. The molecule has 0 unspecified atom stereocenters. The molecule has 1 aliphatic carbocycles. The number of carbonyl (C=O) groups is 3. The number of ether oxygens (including phenoxy) is 2. The van der Waals surface area contributed by atoms with Crippen molar-refractivity contribution in [2.75, 3.05) is 13.6 Å². The Morgan fingerprint density at radius 1 is 1.02 bits per heavy atom. The molecule has 1 aliphatic heterocycles. The van der Waals surface area contributed by atoms with E-state index in [0.717, 1.165) is 5.56 Å². The van der Waals surface area contributed by atoms with Crippen molar-refractivity contribution in [1.82, 2.24) is 20.1 Å². The maximum atomic E-state index is 13.6. The van der Waals surface area contributed by atoms with Crippen molar-refractivity contribution in [1.29, 1.82) is 0 Å². The summed E-state index contributed by atoms with van der Waals surface area (Å²) >= 11 is 0. The van der Waals surface area contributed by atoms with Gasteiger partial charge in [-0.1, -0.05) is 42.5 Å². The zero-order valence-corrected chi connectivity index (χ0v) is 26.5. The molecule has 2 heterocycles. The molecule has 0 bridgehead atoms. The van der Waals surface area contributed by atoms with Crippen LogP contribution in [0.4, 0.5) is 17.6 Å². The lowest BCUT2D eigenvalue weighted by atomic mass is 9.91. The van der Waals surface area contributed by atoms with Gasteiger partial charge in [-0.2, -0.15) is 8.78 Å². The average molecular weight is 669 g/mol. The number of benzene rings is 2. The summed E-state index contributed by atoms with van der Waals surface area (Å²) in [6.45, 7) is -1.58. The highest BCUT2D eigenvalue weighted by Gasteiger charge is 2.37. The number of halogens is 4. The number of nitrogens with zero attached hydrogens (tertiary/aromatic N) is 3. The van der Waals surface area contributed by atoms with Crippen LogP contribution in [0.15, 0.2) is 72.8 Å². The fourth-order valence-corrected chi connectivity index (χ4v) is 5.81. The molecular formula is C35H36F4N4O5. The van der Waals surface area contributed by atoms with E-state index >= 15 is 0 Å². The monoisotopic (exact) mass is 668 g/mol. The Bertz CT molecular complexity index is 1660. The predicted octanol–water partition coefficient (Wildman–Crippen LogP) is 5.84. The van der Waals surface area contributed by atoms with Crippen LogP contribution in [0.25, 0.3) is 5.57 Å². The summed E-state index contributed by atoms with van der Waals surface area (Å²) in [5.74, 6) is -4.03. The molecule has 3 amide bonds. The van der Waals surface area contributed by atoms with E-state index in [-0.39, 0.29) is 74.5 Å². The molecule has 1 atom stereocenters. The molecule has 9 nitrogen and oxygen atoms in total. The standard InChI is InChI=1S/C35H36F4N4O5/c1-22(44)43-20-25(24-11-12-30(48-34(36)37)31(18-24)47-21-23-7-4-3-5-8-23)17-29(43)32(45)40-19-26-9-6-10-28(41-26)33(46)42(2)27-13-15-35(38,39)16-14-27/h3-12,17-18,27,29,34H,13-16,19-21H2,1-2H3,(H,40,45)/t29-/m1/s1. The second-order valence-corrected chi connectivity index (χ2v) is 11.8. The number of aromatic nitrogens is 1. The van der Waals surface area contributed by atoms with E-state index in [1.54, 1.807) is 31.3 Å². The van der Waals surface area contributed by atoms with Gasteiger partial charge in [-0.3, -0.25) is 14.4 Å². The SMILES string of the molecule is CC(=O)N1CC(c2ccc(OC(F)F)c(OCc3ccccc3)c2)=C[C@@H]1C(=O)NCc1cccc(C(=O)N(C)C2CCC(F)(F)CC2)n1. The second-order valence-electron chi connectivity index (χ2n) is 11.8. The fraction of sp³-hybridized carbons (Fsp3) is 0.371. The second kappa shape index (κ2) is 14.9. The lowest BCUT2D eigenvalue weighted by Gasteiger charge is -2.34. The van der Waals surface area contributed by atoms with Crippen molar-refractivity contribution in [3.63, 3.8) is 0 Å². The molecule has 1 aromatic heterocycles. The summed E-state index contributed by atoms with van der Waals surface area (Å²) in [5.41, 5.74) is 2.50. The fourth-order valence-electron chi connectivity index (χ4n) is 5.81. The highest BCUT2D eigenvalue weighted by atomic mass is 19.3. The van der Waals surface area contributed by atoms with Crippen LogP contribution in [0.1, 0.15) is 59.9 Å². The number of amides is 3. The van der Waals surface area contributed by atoms with Gasteiger partial charge >= 0.3 is 6.61 Å². The van der Waals surface area contributed by atoms with E-state index in [1.165, 1.54) is 34.9 Å². The van der Waals surface area contributed by atoms with Crippen molar-refractivity contribution in [3.8, 4) is 11.5 Å². The molecular weight excluding hydrogens is 632 g/mol. The number of carbonyl (C=O) groups excluding carboxylic acids is 3. The van der Waals surface area contributed by atoms with Gasteiger partial charge in [-0.25, -0.2) is 13.8 Å². The van der Waals surface area contributed by atoms with E-state index in [0.29, 0.717) is 16.8 Å². The Balaban J connectivity index is 1.27. The molecule has 1 fully saturated rings. The van der Waals surface area contributed by atoms with Crippen LogP contribution in [-0.4, -0.2) is 70.7 Å². The van der Waals surface area contributed by atoms with Gasteiger partial charge in [0.15, 0.2) is 11.5 Å². The highest BCUT2D eigenvalue weighted by molar-refractivity contribution is 5.94. The summed E-state index contributed by atoms with van der Waals surface area (Å²) in [4.78, 5) is 46.2. The van der Waals surface area contributed by atoms with Crippen LogP contribution in [0.2, 0.25) is 0 Å². The van der Waals surface area contributed by atoms with Crippen LogP contribution in [0, 0.1) is 0 Å². The molecule has 0 spiro atoms. The van der Waals surface area contributed by atoms with Gasteiger partial charge in [0.2, 0.25) is 17.7 Å². The summed E-state index contributed by atoms with van der Waals surface area (Å²) in [7, 11) is 1.57. The molecule has 13 heteroatoms. The topological polar surface area (TPSA) is 101 Å². The molecule has 1 N–H and O–H groups in total. The van der Waals surface area contributed by atoms with Crippen LogP contribution in [-0.2, 0) is 22.7 Å². The Kier molecular flexibility index (Phi) is 10.7. The maximum absolute atomic E-state index is 13.6. The zero-order chi connectivity index (χ0) is 34.4. The molecule has 0 radical (unpaired) electrons. The van der Waals surface area contributed by atoms with Gasteiger partial charge < -0.3 is 24.6 Å². The Morgan fingerprint density at radius 2 is 1.75 bits per heavy atom. The first-order chi connectivity index (χ1) is 22.9. The van der Waals surface area contributed by atoms with Crippen LogP contribution < -0.4 is 14.8 Å². The zero-order valence-electron chi connectivity index (χ0n) is 26.5. The Labute approximate surface area is 275 Å². The van der Waals surface area contributed by atoms with Crippen molar-refractivity contribution in [2.45, 2.75) is 70.4 Å². The molecule has 48 heavy (non-hydrogen) atoms. The van der Waals surface area contributed by atoms with Gasteiger partial charge in [-0.05, 0) is 59.9 Å². The number of hydrogen-bond acceptors (Lipinski definition) is 6. The van der Waals surface area contributed by atoms with Crippen LogP contribution >= 0.6 is 0 Å². The largest absolute Gasteiger partial charge is 0.485 e. The van der Waals surface area contributed by atoms with E-state index in [9.17, 15) is 31.9 Å². The third-order valence-electron chi connectivity index (χ3n) is 8.50. The number of nitrogens with one attached hydrogen (secondary N) is 1. The van der Waals surface area contributed by atoms with Gasteiger partial charge in [-0.15, -0.1) is 0 Å². The summed E-state index contributed by atoms with van der Waals surface area (Å²) in [6, 6.07) is 17.1. The number of hydrogen-bond donors (Lipinski definition) is 1. The summed E-state index contributed by atoms with van der Waals surface area (Å²) in [6.07, 6.45) is 1.47. The van der Waals surface area contributed by atoms with Crippen molar-refractivity contribution < 1.29 is 41.4 Å². The van der Waals surface area contributed by atoms with E-state index in [4.69, 9.17) is 4.74 Å². The molecule has 2 aliphatic rings. The Morgan fingerprint density at radius 3 is 2.44 bits per heavy atom. The molecule has 1 saturated carbocycles. The van der Waals surface area contributed by atoms with Gasteiger partial charge in [0.1, 0.15) is 18.3 Å². The normalized spacial score (nSPS) is 17.5. The molecule has 2 aromatic carbocycles. The van der Waals surface area contributed by atoms with Crippen molar-refractivity contribution in [3.05, 3.63) is 95.3 Å². The van der Waals surface area contributed by atoms with E-state index < -0.39 is 30.4 Å². The number of rotatable bonds is 11. The van der Waals surface area contributed by atoms with Crippen molar-refractivity contribution in [2.24, 2.45) is 0 Å². The molecule has 5 rings (SSSR count). The maximum Gasteiger partial charge on any atom is 0.387 e. The first-order valence-corrected chi connectivity index (χ1v) is 15.5. The predicted molar refractivity (Wildman–Crippen MR) is 168 cm³/mol. The quantitative estimate of drug-likeness (QED) is 0.258. The lowest BCUT2D eigenvalue weighted by molar-refractivity contribution is -0.136. The van der Waals surface area contributed by atoms with Crippen LogP contribution in [0.5, 0.6) is 11.5 Å². The number of alkyl halides is 4. The van der Waals surface area contributed by atoms with Gasteiger partial charge in [0.25, 0.3) is 5.91 Å². The third kappa shape index (κ3) is 8.50. The van der Waals surface area contributed by atoms with E-state index in [2.05, 4.69) is 15.0 Å². The molecule has 0 saturated heterocycles. The Hall–Kier alpha value is -4.94. The lowest BCUT2D eigenvalue weighted by Crippen LogP contribution is -2.45. The van der Waals surface area contributed by atoms with Crippen molar-refractivity contribution >= 4 is 23.3 Å². The molecule has 254 valence electrons. The third-order valence-corrected chi connectivity index (χ3v) is 8.50. The first kappa shape index (κ1) is 34.4. The van der Waals surface area contributed by atoms with Crippen LogP contribution in [0.3, 0.4) is 0 Å². The average Bonchev–Trinajstić information content (AvgIpc) is 3.53. The van der Waals surface area contributed by atoms with Gasteiger partial charge in [0.05, 0.1) is 12.2 Å². The number of pyridine rings is 1.